The zero-order valence-electron chi connectivity index (χ0n) is 18.4. The van der Waals surface area contributed by atoms with E-state index in [4.69, 9.17) is 0 Å². The fraction of sp³-hybridized carbons (Fsp3) is 0.565. The number of nitrogens with one attached hydrogen (secondary N) is 3. The Morgan fingerprint density at radius 2 is 1.97 bits per heavy atom. The van der Waals surface area contributed by atoms with Gasteiger partial charge in [-0.1, -0.05) is 32.9 Å². The summed E-state index contributed by atoms with van der Waals surface area (Å²) in [5, 5.41) is 5.85. The summed E-state index contributed by atoms with van der Waals surface area (Å²) >= 11 is 0. The lowest BCUT2D eigenvalue weighted by atomic mass is 9.77. The van der Waals surface area contributed by atoms with Gasteiger partial charge < -0.3 is 15.6 Å². The molecule has 1 aliphatic carbocycles. The standard InChI is InChI=1S/C23H31N5O3/c1-14(2)12-18(20-25-16-6-4-5-7-17(16)26-20)24-19(29)13-28-21(30)23(27-22(28)31)10-8-15(3)9-11-23/h4-7,14-15,18H,8-13H2,1-3H3,(H,24,29)(H,25,26)(H,27,31). The number of aromatic nitrogens is 2. The lowest BCUT2D eigenvalue weighted by Gasteiger charge is -2.33. The molecule has 2 heterocycles. The Balaban J connectivity index is 1.46. The van der Waals surface area contributed by atoms with Crippen LogP contribution >= 0.6 is 0 Å². The van der Waals surface area contributed by atoms with Crippen LogP contribution in [0.25, 0.3) is 11.0 Å². The van der Waals surface area contributed by atoms with Gasteiger partial charge in [-0.15, -0.1) is 0 Å². The Morgan fingerprint density at radius 3 is 2.65 bits per heavy atom. The van der Waals surface area contributed by atoms with E-state index < -0.39 is 11.6 Å². The summed E-state index contributed by atoms with van der Waals surface area (Å²) in [6, 6.07) is 6.91. The Hall–Kier alpha value is -2.90. The van der Waals surface area contributed by atoms with E-state index in [9.17, 15) is 14.4 Å². The monoisotopic (exact) mass is 425 g/mol. The van der Waals surface area contributed by atoms with Gasteiger partial charge in [-0.25, -0.2) is 9.78 Å². The maximum Gasteiger partial charge on any atom is 0.325 e. The van der Waals surface area contributed by atoms with Gasteiger partial charge in [-0.2, -0.15) is 0 Å². The van der Waals surface area contributed by atoms with E-state index >= 15 is 0 Å². The number of nitrogens with zero attached hydrogens (tertiary/aromatic N) is 2. The van der Waals surface area contributed by atoms with Gasteiger partial charge in [0.1, 0.15) is 17.9 Å². The first-order valence-corrected chi connectivity index (χ1v) is 11.2. The van der Waals surface area contributed by atoms with Gasteiger partial charge in [0.25, 0.3) is 5.91 Å². The number of hydrogen-bond donors (Lipinski definition) is 3. The van der Waals surface area contributed by atoms with Crippen molar-refractivity contribution in [1.29, 1.82) is 0 Å². The number of imide groups is 1. The van der Waals surface area contributed by atoms with Gasteiger partial charge in [0.05, 0.1) is 17.1 Å². The summed E-state index contributed by atoms with van der Waals surface area (Å²) in [7, 11) is 0. The highest BCUT2D eigenvalue weighted by molar-refractivity contribution is 6.09. The fourth-order valence-corrected chi connectivity index (χ4v) is 4.65. The first-order chi connectivity index (χ1) is 14.8. The smallest absolute Gasteiger partial charge is 0.325 e. The van der Waals surface area contributed by atoms with Crippen molar-refractivity contribution in [3.8, 4) is 0 Å². The van der Waals surface area contributed by atoms with E-state index in [2.05, 4.69) is 41.4 Å². The molecule has 1 aromatic heterocycles. The topological polar surface area (TPSA) is 107 Å². The first-order valence-electron chi connectivity index (χ1n) is 11.2. The molecular formula is C23H31N5O3. The quantitative estimate of drug-likeness (QED) is 0.618. The Kier molecular flexibility index (Phi) is 5.73. The van der Waals surface area contributed by atoms with Crippen molar-refractivity contribution in [2.75, 3.05) is 6.54 Å². The highest BCUT2D eigenvalue weighted by atomic mass is 16.2. The number of H-pyrrole nitrogens is 1. The van der Waals surface area contributed by atoms with Crippen LogP contribution < -0.4 is 10.6 Å². The molecule has 1 unspecified atom stereocenters. The van der Waals surface area contributed by atoms with E-state index in [0.717, 1.165) is 28.8 Å². The van der Waals surface area contributed by atoms with E-state index in [1.54, 1.807) is 0 Å². The van der Waals surface area contributed by atoms with Crippen LogP contribution in [0, 0.1) is 11.8 Å². The third kappa shape index (κ3) is 4.29. The highest BCUT2D eigenvalue weighted by Crippen LogP contribution is 2.36. The highest BCUT2D eigenvalue weighted by Gasteiger charge is 2.52. The third-order valence-electron chi connectivity index (χ3n) is 6.46. The number of hydrogen-bond acceptors (Lipinski definition) is 4. The van der Waals surface area contributed by atoms with Gasteiger partial charge in [0, 0.05) is 0 Å². The summed E-state index contributed by atoms with van der Waals surface area (Å²) in [5.41, 5.74) is 0.908. The maximum atomic E-state index is 13.0. The predicted octanol–water partition coefficient (Wildman–Crippen LogP) is 3.27. The van der Waals surface area contributed by atoms with Gasteiger partial charge >= 0.3 is 6.03 Å². The molecule has 1 atom stereocenters. The number of imidazole rings is 1. The first kappa shape index (κ1) is 21.3. The number of amides is 4. The number of benzene rings is 1. The summed E-state index contributed by atoms with van der Waals surface area (Å²) in [5.74, 6) is 0.911. The Morgan fingerprint density at radius 1 is 1.26 bits per heavy atom. The normalized spacial score (nSPS) is 24.8. The third-order valence-corrected chi connectivity index (χ3v) is 6.46. The Labute approximate surface area is 182 Å². The van der Waals surface area contributed by atoms with Crippen molar-refractivity contribution in [3.63, 3.8) is 0 Å². The molecule has 2 aromatic rings. The van der Waals surface area contributed by atoms with Crippen molar-refractivity contribution < 1.29 is 14.4 Å². The molecule has 2 fully saturated rings. The fourth-order valence-electron chi connectivity index (χ4n) is 4.65. The summed E-state index contributed by atoms with van der Waals surface area (Å²) in [4.78, 5) is 47.4. The number of carbonyl (C=O) groups excluding carboxylic acids is 3. The summed E-state index contributed by atoms with van der Waals surface area (Å²) in [6.07, 6.45) is 3.74. The Bertz CT molecular complexity index is 957. The van der Waals surface area contributed by atoms with E-state index in [0.29, 0.717) is 36.9 Å². The number of fused-ring (bicyclic) bond motifs is 1. The number of carbonyl (C=O) groups is 3. The molecule has 1 aromatic carbocycles. The van der Waals surface area contributed by atoms with Crippen LogP contribution in [-0.2, 0) is 9.59 Å². The van der Waals surface area contributed by atoms with Crippen LogP contribution in [0.5, 0.6) is 0 Å². The molecule has 166 valence electrons. The van der Waals surface area contributed by atoms with Gasteiger partial charge in [0.15, 0.2) is 0 Å². The van der Waals surface area contributed by atoms with Crippen molar-refractivity contribution in [3.05, 3.63) is 30.1 Å². The van der Waals surface area contributed by atoms with Crippen LogP contribution in [0.4, 0.5) is 4.79 Å². The lowest BCUT2D eigenvalue weighted by Crippen LogP contribution is -2.50. The SMILES string of the molecule is CC(C)CC(NC(=O)CN1C(=O)NC2(CCC(C)CC2)C1=O)c1nc2ccccc2[nH]1. The number of urea groups is 1. The molecule has 4 rings (SSSR count). The molecule has 0 radical (unpaired) electrons. The molecule has 1 spiro atoms. The minimum absolute atomic E-state index is 0.274. The van der Waals surface area contributed by atoms with E-state index in [1.807, 2.05) is 24.3 Å². The average molecular weight is 426 g/mol. The van der Waals surface area contributed by atoms with Crippen LogP contribution in [0.1, 0.15) is 64.7 Å². The van der Waals surface area contributed by atoms with Crippen LogP contribution in [0.15, 0.2) is 24.3 Å². The largest absolute Gasteiger partial charge is 0.345 e. The molecule has 8 heteroatoms. The van der Waals surface area contributed by atoms with Crippen molar-refractivity contribution in [2.45, 2.75) is 64.5 Å². The molecule has 31 heavy (non-hydrogen) atoms. The van der Waals surface area contributed by atoms with Crippen LogP contribution in [0.2, 0.25) is 0 Å². The van der Waals surface area contributed by atoms with Crippen LogP contribution in [0.3, 0.4) is 0 Å². The summed E-state index contributed by atoms with van der Waals surface area (Å²) in [6.45, 7) is 6.03. The summed E-state index contributed by atoms with van der Waals surface area (Å²) < 4.78 is 0. The molecular weight excluding hydrogens is 394 g/mol. The number of aromatic amines is 1. The second-order valence-electron chi connectivity index (χ2n) is 9.47. The van der Waals surface area contributed by atoms with E-state index in [1.165, 1.54) is 0 Å². The molecule has 1 aliphatic heterocycles. The van der Waals surface area contributed by atoms with E-state index in [-0.39, 0.29) is 24.4 Å². The molecule has 1 saturated heterocycles. The maximum absolute atomic E-state index is 13.0. The van der Waals surface area contributed by atoms with Crippen molar-refractivity contribution in [2.24, 2.45) is 11.8 Å². The number of rotatable bonds is 6. The number of para-hydroxylation sites is 2. The second kappa shape index (κ2) is 8.32. The molecule has 8 nitrogen and oxygen atoms in total. The minimum Gasteiger partial charge on any atom is -0.345 e. The molecule has 3 N–H and O–H groups in total. The second-order valence-corrected chi connectivity index (χ2v) is 9.47. The van der Waals surface area contributed by atoms with Crippen LogP contribution in [-0.4, -0.2) is 44.8 Å². The molecule has 2 aliphatic rings. The minimum atomic E-state index is -0.833. The lowest BCUT2D eigenvalue weighted by molar-refractivity contribution is -0.136. The average Bonchev–Trinajstić information content (AvgIpc) is 3.25. The van der Waals surface area contributed by atoms with Crippen molar-refractivity contribution in [1.82, 2.24) is 25.5 Å². The van der Waals surface area contributed by atoms with Gasteiger partial charge in [-0.05, 0) is 56.1 Å². The molecule has 1 saturated carbocycles. The molecule has 4 amide bonds. The predicted molar refractivity (Wildman–Crippen MR) is 117 cm³/mol. The zero-order chi connectivity index (χ0) is 22.2. The molecule has 0 bridgehead atoms. The van der Waals surface area contributed by atoms with Gasteiger partial charge in [0.2, 0.25) is 5.91 Å². The zero-order valence-corrected chi connectivity index (χ0v) is 18.4. The van der Waals surface area contributed by atoms with Crippen molar-refractivity contribution >= 4 is 28.9 Å². The van der Waals surface area contributed by atoms with Gasteiger partial charge in [-0.3, -0.25) is 14.5 Å².